The van der Waals surface area contributed by atoms with Gasteiger partial charge in [0.15, 0.2) is 0 Å². The molecule has 0 fully saturated rings. The molecule has 2 unspecified atom stereocenters. The van der Waals surface area contributed by atoms with Crippen molar-refractivity contribution in [2.75, 3.05) is 0 Å². The highest BCUT2D eigenvalue weighted by molar-refractivity contribution is 6.57. The number of imidazole rings is 1. The van der Waals surface area contributed by atoms with Crippen molar-refractivity contribution in [2.24, 2.45) is 12.8 Å². The van der Waals surface area contributed by atoms with Gasteiger partial charge < -0.3 is 14.7 Å². The lowest BCUT2D eigenvalue weighted by atomic mass is 10.1. The molecule has 0 bridgehead atoms. The lowest BCUT2D eigenvalue weighted by Gasteiger charge is -2.16. The zero-order chi connectivity index (χ0) is 14.5. The largest absolute Gasteiger partial charge is 0.543 e. The molecule has 1 aromatic heterocycles. The summed E-state index contributed by atoms with van der Waals surface area (Å²) in [4.78, 5) is 4.26. The van der Waals surface area contributed by atoms with Crippen LogP contribution in [0.15, 0.2) is 42.5 Å². The van der Waals surface area contributed by atoms with Crippen LogP contribution in [-0.4, -0.2) is 18.6 Å². The summed E-state index contributed by atoms with van der Waals surface area (Å²) in [5.74, 6) is 0.896. The smallest absolute Gasteiger partial charge is 0.257 e. The van der Waals surface area contributed by atoms with Crippen LogP contribution in [0.25, 0.3) is 6.08 Å². The molecule has 0 aliphatic rings. The van der Waals surface area contributed by atoms with E-state index in [4.69, 9.17) is 10.2 Å². The quantitative estimate of drug-likeness (QED) is 0.859. The van der Waals surface area contributed by atoms with Crippen molar-refractivity contribution < 1.29 is 4.43 Å². The molecule has 2 N–H and O–H groups in total. The van der Waals surface area contributed by atoms with Crippen LogP contribution in [0.4, 0.5) is 0 Å². The Morgan fingerprint density at radius 3 is 2.80 bits per heavy atom. The predicted molar refractivity (Wildman–Crippen MR) is 84.9 cm³/mol. The summed E-state index contributed by atoms with van der Waals surface area (Å²) in [6.45, 7) is 4.11. The molecule has 0 saturated heterocycles. The normalized spacial score (nSPS) is 14.4. The van der Waals surface area contributed by atoms with Crippen LogP contribution in [0.3, 0.4) is 0 Å². The molecule has 0 radical (unpaired) electrons. The van der Waals surface area contributed by atoms with Gasteiger partial charge in [-0.2, -0.15) is 0 Å². The van der Waals surface area contributed by atoms with E-state index in [9.17, 15) is 0 Å². The molecule has 5 heteroatoms. The maximum Gasteiger partial charge on any atom is 0.257 e. The van der Waals surface area contributed by atoms with E-state index in [0.717, 1.165) is 17.0 Å². The topological polar surface area (TPSA) is 53.1 Å². The second kappa shape index (κ2) is 6.54. The monoisotopic (exact) mass is 287 g/mol. The van der Waals surface area contributed by atoms with Crippen LogP contribution in [-0.2, 0) is 7.05 Å². The number of rotatable bonds is 5. The molecule has 0 amide bonds. The predicted octanol–water partition coefficient (Wildman–Crippen LogP) is 2.42. The highest BCUT2D eigenvalue weighted by Crippen LogP contribution is 2.23. The van der Waals surface area contributed by atoms with Gasteiger partial charge in [0, 0.05) is 24.8 Å². The number of benzene rings is 1. The van der Waals surface area contributed by atoms with E-state index in [1.807, 2.05) is 55.1 Å². The highest BCUT2D eigenvalue weighted by Gasteiger charge is 2.09. The van der Waals surface area contributed by atoms with Gasteiger partial charge >= 0.3 is 0 Å². The summed E-state index contributed by atoms with van der Waals surface area (Å²) in [6.07, 6.45) is 5.79. The van der Waals surface area contributed by atoms with Gasteiger partial charge in [-0.25, -0.2) is 4.98 Å². The number of hydrogen-bond acceptors (Lipinski definition) is 3. The van der Waals surface area contributed by atoms with Crippen molar-refractivity contribution in [2.45, 2.75) is 19.5 Å². The molecule has 20 heavy (non-hydrogen) atoms. The van der Waals surface area contributed by atoms with Gasteiger partial charge in [0.1, 0.15) is 5.75 Å². The summed E-state index contributed by atoms with van der Waals surface area (Å²) in [7, 11) is 0.515. The molecule has 0 spiro atoms. The summed E-state index contributed by atoms with van der Waals surface area (Å²) < 4.78 is 8.00. The summed E-state index contributed by atoms with van der Waals surface area (Å²) >= 11 is 0. The number of aromatic nitrogens is 2. The first kappa shape index (κ1) is 14.6. The minimum Gasteiger partial charge on any atom is -0.543 e. The van der Waals surface area contributed by atoms with Crippen LogP contribution in [0, 0.1) is 0 Å². The van der Waals surface area contributed by atoms with E-state index in [1.165, 1.54) is 0 Å². The van der Waals surface area contributed by atoms with E-state index in [-0.39, 0.29) is 6.04 Å². The Labute approximate surface area is 121 Å². The maximum absolute atomic E-state index is 6.07. The zero-order valence-electron chi connectivity index (χ0n) is 12.2. The van der Waals surface area contributed by atoms with E-state index in [0.29, 0.717) is 0 Å². The second-order valence-corrected chi connectivity index (χ2v) is 7.00. The van der Waals surface area contributed by atoms with Gasteiger partial charge in [-0.15, -0.1) is 0 Å². The van der Waals surface area contributed by atoms with Gasteiger partial charge in [-0.05, 0) is 25.6 Å². The number of aryl methyl sites for hydroxylation is 1. The lowest BCUT2D eigenvalue weighted by Crippen LogP contribution is -2.17. The lowest BCUT2D eigenvalue weighted by molar-refractivity contribution is 0.567. The SMILES string of the molecule is CC(N)c1ccccc1O[SiH](C)/C=C/c1cn(C)cn1. The van der Waals surface area contributed by atoms with Gasteiger partial charge in [0.2, 0.25) is 0 Å². The zero-order valence-corrected chi connectivity index (χ0v) is 13.3. The molecule has 1 aromatic carbocycles. The standard InChI is InChI=1S/C15H21N3OSi/c1-12(16)14-6-4-5-7-15(14)19-20(3)9-8-13-10-18(2)11-17-13/h4-12,20H,16H2,1-3H3/b9-8+. The molecule has 4 nitrogen and oxygen atoms in total. The Morgan fingerprint density at radius 2 is 2.15 bits per heavy atom. The third kappa shape index (κ3) is 3.82. The van der Waals surface area contributed by atoms with E-state index in [1.54, 1.807) is 6.33 Å². The van der Waals surface area contributed by atoms with Crippen molar-refractivity contribution in [3.63, 3.8) is 0 Å². The summed E-state index contributed by atoms with van der Waals surface area (Å²) in [5.41, 5.74) is 10.1. The molecule has 2 atom stereocenters. The van der Waals surface area contributed by atoms with Crippen molar-refractivity contribution in [3.05, 3.63) is 53.7 Å². The van der Waals surface area contributed by atoms with Gasteiger partial charge in [-0.3, -0.25) is 0 Å². The third-order valence-electron chi connectivity index (χ3n) is 2.99. The van der Waals surface area contributed by atoms with Crippen LogP contribution in [0.5, 0.6) is 5.75 Å². The van der Waals surface area contributed by atoms with Crippen molar-refractivity contribution >= 4 is 15.1 Å². The van der Waals surface area contributed by atoms with Crippen LogP contribution in [0.2, 0.25) is 6.55 Å². The van der Waals surface area contributed by atoms with Crippen LogP contribution < -0.4 is 10.2 Å². The molecule has 106 valence electrons. The highest BCUT2D eigenvalue weighted by atomic mass is 28.3. The van der Waals surface area contributed by atoms with Crippen molar-refractivity contribution in [1.82, 2.24) is 9.55 Å². The average molecular weight is 287 g/mol. The summed E-state index contributed by atoms with van der Waals surface area (Å²) in [5, 5.41) is 0. The number of para-hydroxylation sites is 1. The number of hydrogen-bond donors (Lipinski definition) is 1. The Kier molecular flexibility index (Phi) is 4.76. The van der Waals surface area contributed by atoms with Crippen LogP contribution in [0.1, 0.15) is 24.2 Å². The van der Waals surface area contributed by atoms with Crippen LogP contribution >= 0.6 is 0 Å². The number of nitrogens with zero attached hydrogens (tertiary/aromatic N) is 2. The van der Waals surface area contributed by atoms with Crippen molar-refractivity contribution in [3.8, 4) is 5.75 Å². The minimum atomic E-state index is -1.44. The first-order valence-electron chi connectivity index (χ1n) is 6.73. The molecule has 0 saturated carbocycles. The first-order chi connectivity index (χ1) is 9.56. The van der Waals surface area contributed by atoms with Gasteiger partial charge in [-0.1, -0.05) is 23.9 Å². The van der Waals surface area contributed by atoms with Gasteiger partial charge in [0.05, 0.1) is 12.0 Å². The van der Waals surface area contributed by atoms with Crippen molar-refractivity contribution in [1.29, 1.82) is 0 Å². The van der Waals surface area contributed by atoms with E-state index in [2.05, 4.69) is 17.2 Å². The average Bonchev–Trinajstić information content (AvgIpc) is 2.83. The Balaban J connectivity index is 2.04. The second-order valence-electron chi connectivity index (χ2n) is 4.97. The Hall–Kier alpha value is -1.85. The fraction of sp³-hybridized carbons (Fsp3) is 0.267. The fourth-order valence-corrected chi connectivity index (χ4v) is 3.12. The van der Waals surface area contributed by atoms with E-state index < -0.39 is 9.04 Å². The Morgan fingerprint density at radius 1 is 1.40 bits per heavy atom. The molecular formula is C15H21N3OSi. The van der Waals surface area contributed by atoms with Gasteiger partial charge in [0.25, 0.3) is 9.04 Å². The molecule has 1 heterocycles. The Bertz CT molecular complexity index is 592. The molecular weight excluding hydrogens is 266 g/mol. The molecule has 0 aliphatic heterocycles. The first-order valence-corrected chi connectivity index (χ1v) is 9.03. The summed E-state index contributed by atoms with van der Waals surface area (Å²) in [6, 6.07) is 7.94. The third-order valence-corrected chi connectivity index (χ3v) is 4.35. The molecule has 2 aromatic rings. The fourth-order valence-electron chi connectivity index (χ4n) is 1.96. The van der Waals surface area contributed by atoms with E-state index >= 15 is 0 Å². The number of nitrogens with two attached hydrogens (primary N) is 1. The minimum absolute atomic E-state index is 0.0211. The molecule has 0 aliphatic carbocycles. The molecule has 2 rings (SSSR count). The maximum atomic E-state index is 6.07.